The maximum absolute atomic E-state index is 13.4. The molecular formula is C24H26N4OS2. The normalized spacial score (nSPS) is 11.2. The van der Waals surface area contributed by atoms with Crippen LogP contribution in [0, 0.1) is 13.8 Å². The molecular weight excluding hydrogens is 424 g/mol. The molecule has 0 saturated carbocycles. The quantitative estimate of drug-likeness (QED) is 0.333. The Morgan fingerprint density at radius 1 is 1.16 bits per heavy atom. The van der Waals surface area contributed by atoms with Gasteiger partial charge in [0.15, 0.2) is 5.13 Å². The second kappa shape index (κ2) is 9.66. The van der Waals surface area contributed by atoms with Gasteiger partial charge in [0.2, 0.25) is 5.91 Å². The van der Waals surface area contributed by atoms with Gasteiger partial charge in [0.05, 0.1) is 23.0 Å². The van der Waals surface area contributed by atoms with E-state index in [1.54, 1.807) is 29.3 Å². The molecule has 4 rings (SSSR count). The highest BCUT2D eigenvalue weighted by Gasteiger charge is 2.20. The number of fused-ring (bicyclic) bond motifs is 1. The van der Waals surface area contributed by atoms with Crippen LogP contribution in [-0.2, 0) is 17.8 Å². The van der Waals surface area contributed by atoms with Crippen molar-refractivity contribution in [2.45, 2.75) is 38.1 Å². The van der Waals surface area contributed by atoms with E-state index in [0.29, 0.717) is 13.0 Å². The molecule has 31 heavy (non-hydrogen) atoms. The van der Waals surface area contributed by atoms with Gasteiger partial charge in [-0.25, -0.2) is 9.97 Å². The molecule has 0 bridgehead atoms. The molecule has 0 N–H and O–H groups in total. The fraction of sp³-hybridized carbons (Fsp3) is 0.292. The maximum atomic E-state index is 13.4. The number of amides is 1. The molecule has 0 atom stereocenters. The third kappa shape index (κ3) is 4.99. The van der Waals surface area contributed by atoms with Crippen LogP contribution >= 0.6 is 23.1 Å². The number of thiazole rings is 1. The number of carbonyl (C=O) groups excluding carboxylic acids is 1. The van der Waals surface area contributed by atoms with Crippen LogP contribution in [0.4, 0.5) is 5.13 Å². The topological polar surface area (TPSA) is 51.0 Å². The van der Waals surface area contributed by atoms with Gasteiger partial charge in [-0.05, 0) is 61.4 Å². The Hall–Kier alpha value is -2.64. The highest BCUT2D eigenvalue weighted by molar-refractivity contribution is 7.98. The number of thioether (sulfide) groups is 1. The molecule has 2 aromatic heterocycles. The molecule has 1 amide bonds. The molecule has 0 radical (unpaired) electrons. The van der Waals surface area contributed by atoms with Gasteiger partial charge >= 0.3 is 0 Å². The third-order valence-electron chi connectivity index (χ3n) is 5.48. The van der Waals surface area contributed by atoms with Crippen LogP contribution in [0.25, 0.3) is 10.2 Å². The fourth-order valence-corrected chi connectivity index (χ4v) is 4.98. The number of hydrogen-bond donors (Lipinski definition) is 0. The lowest BCUT2D eigenvalue weighted by Gasteiger charge is -2.20. The van der Waals surface area contributed by atoms with Crippen molar-refractivity contribution >= 4 is 44.4 Å². The summed E-state index contributed by atoms with van der Waals surface area (Å²) in [5.41, 5.74) is 4.42. The first kappa shape index (κ1) is 21.6. The zero-order valence-electron chi connectivity index (χ0n) is 18.0. The van der Waals surface area contributed by atoms with Crippen molar-refractivity contribution in [2.75, 3.05) is 17.7 Å². The molecule has 0 saturated heterocycles. The van der Waals surface area contributed by atoms with E-state index in [9.17, 15) is 4.79 Å². The van der Waals surface area contributed by atoms with Crippen LogP contribution in [0.15, 0.2) is 60.0 Å². The summed E-state index contributed by atoms with van der Waals surface area (Å²) in [5.74, 6) is 0.0796. The number of aryl methyl sites for hydroxylation is 3. The summed E-state index contributed by atoms with van der Waals surface area (Å²) in [5, 5.41) is 0.778. The second-order valence-corrected chi connectivity index (χ2v) is 9.46. The average molecular weight is 451 g/mol. The van der Waals surface area contributed by atoms with Gasteiger partial charge in [-0.3, -0.25) is 9.69 Å². The predicted octanol–water partition coefficient (Wildman–Crippen LogP) is 5.50. The van der Waals surface area contributed by atoms with Gasteiger partial charge < -0.3 is 4.57 Å². The van der Waals surface area contributed by atoms with E-state index in [1.165, 1.54) is 16.0 Å². The predicted molar refractivity (Wildman–Crippen MR) is 130 cm³/mol. The number of anilines is 1. The van der Waals surface area contributed by atoms with E-state index in [4.69, 9.17) is 4.98 Å². The first-order chi connectivity index (χ1) is 15.0. The molecule has 160 valence electrons. The van der Waals surface area contributed by atoms with Crippen molar-refractivity contribution in [3.8, 4) is 0 Å². The average Bonchev–Trinajstić information content (AvgIpc) is 3.44. The number of benzene rings is 2. The van der Waals surface area contributed by atoms with Crippen LogP contribution in [0.5, 0.6) is 0 Å². The monoisotopic (exact) mass is 450 g/mol. The highest BCUT2D eigenvalue weighted by atomic mass is 32.2. The highest BCUT2D eigenvalue weighted by Crippen LogP contribution is 2.32. The number of hydrogen-bond acceptors (Lipinski definition) is 5. The number of nitrogens with zero attached hydrogens (tertiary/aromatic N) is 4. The number of rotatable bonds is 8. The summed E-state index contributed by atoms with van der Waals surface area (Å²) in [4.78, 5) is 25.4. The minimum Gasteiger partial charge on any atom is -0.337 e. The van der Waals surface area contributed by atoms with E-state index < -0.39 is 0 Å². The van der Waals surface area contributed by atoms with Crippen molar-refractivity contribution in [1.29, 1.82) is 0 Å². The molecule has 5 nitrogen and oxygen atoms in total. The molecule has 7 heteroatoms. The molecule has 0 unspecified atom stereocenters. The molecule has 4 aromatic rings. The molecule has 0 aliphatic heterocycles. The minimum atomic E-state index is 0.0796. The first-order valence-corrected chi connectivity index (χ1v) is 12.3. The summed E-state index contributed by atoms with van der Waals surface area (Å²) in [6.45, 7) is 5.63. The van der Waals surface area contributed by atoms with Gasteiger partial charge in [-0.1, -0.05) is 29.5 Å². The van der Waals surface area contributed by atoms with Crippen LogP contribution in [0.2, 0.25) is 0 Å². The molecule has 0 aliphatic rings. The summed E-state index contributed by atoms with van der Waals surface area (Å²) < 4.78 is 3.16. The molecule has 0 aliphatic carbocycles. The first-order valence-electron chi connectivity index (χ1n) is 10.3. The summed E-state index contributed by atoms with van der Waals surface area (Å²) in [7, 11) is 0. The Bertz CT molecular complexity index is 1170. The zero-order valence-corrected chi connectivity index (χ0v) is 19.7. The molecule has 0 spiro atoms. The van der Waals surface area contributed by atoms with Gasteiger partial charge in [0.1, 0.15) is 0 Å². The largest absolute Gasteiger partial charge is 0.337 e. The third-order valence-corrected chi connectivity index (χ3v) is 7.26. The molecule has 0 fully saturated rings. The summed E-state index contributed by atoms with van der Waals surface area (Å²) in [6.07, 6.45) is 8.79. The fourth-order valence-electron chi connectivity index (χ4n) is 3.50. The van der Waals surface area contributed by atoms with Crippen molar-refractivity contribution < 1.29 is 4.79 Å². The van der Waals surface area contributed by atoms with Crippen LogP contribution in [-0.4, -0.2) is 33.2 Å². The van der Waals surface area contributed by atoms with Gasteiger partial charge in [0, 0.05) is 30.4 Å². The maximum Gasteiger partial charge on any atom is 0.233 e. The lowest BCUT2D eigenvalue weighted by molar-refractivity contribution is -0.118. The smallest absolute Gasteiger partial charge is 0.233 e. The van der Waals surface area contributed by atoms with Gasteiger partial charge in [-0.2, -0.15) is 0 Å². The van der Waals surface area contributed by atoms with Crippen LogP contribution in [0.3, 0.4) is 0 Å². The van der Waals surface area contributed by atoms with Crippen molar-refractivity contribution in [2.24, 2.45) is 0 Å². The number of imidazole rings is 1. The van der Waals surface area contributed by atoms with Crippen molar-refractivity contribution in [1.82, 2.24) is 14.5 Å². The Morgan fingerprint density at radius 3 is 2.68 bits per heavy atom. The van der Waals surface area contributed by atoms with Crippen molar-refractivity contribution in [3.63, 3.8) is 0 Å². The second-order valence-electron chi connectivity index (χ2n) is 7.57. The van der Waals surface area contributed by atoms with Crippen molar-refractivity contribution in [3.05, 3.63) is 71.8 Å². The van der Waals surface area contributed by atoms with E-state index in [1.807, 2.05) is 34.1 Å². The van der Waals surface area contributed by atoms with Crippen LogP contribution < -0.4 is 4.90 Å². The lowest BCUT2D eigenvalue weighted by atomic mass is 10.1. The van der Waals surface area contributed by atoms with Gasteiger partial charge in [0.25, 0.3) is 0 Å². The zero-order chi connectivity index (χ0) is 21.8. The Balaban J connectivity index is 1.58. The number of aromatic nitrogens is 3. The molecule has 2 aromatic carbocycles. The van der Waals surface area contributed by atoms with E-state index in [-0.39, 0.29) is 5.91 Å². The van der Waals surface area contributed by atoms with E-state index in [2.05, 4.69) is 49.4 Å². The Labute approximate surface area is 191 Å². The van der Waals surface area contributed by atoms with E-state index in [0.717, 1.165) is 33.9 Å². The number of carbonyl (C=O) groups is 1. The van der Waals surface area contributed by atoms with Gasteiger partial charge in [-0.15, -0.1) is 11.8 Å². The Morgan fingerprint density at radius 2 is 1.97 bits per heavy atom. The van der Waals surface area contributed by atoms with Crippen LogP contribution in [0.1, 0.15) is 23.1 Å². The molecule has 2 heterocycles. The summed E-state index contributed by atoms with van der Waals surface area (Å²) in [6, 6.07) is 12.5. The standard InChI is InChI=1S/C24H26N4OS2/c1-17-5-10-21-23(18(17)2)26-24(31-21)28(13-4-12-27-14-11-25-16-27)22(29)15-19-6-8-20(30-3)9-7-19/h5-11,14,16H,4,12-13,15H2,1-3H3. The lowest BCUT2D eigenvalue weighted by Crippen LogP contribution is -2.33. The van der Waals surface area contributed by atoms with E-state index >= 15 is 0 Å². The Kier molecular flexibility index (Phi) is 6.73. The minimum absolute atomic E-state index is 0.0796. The summed E-state index contributed by atoms with van der Waals surface area (Å²) >= 11 is 3.30. The SMILES string of the molecule is CSc1ccc(CC(=O)N(CCCn2ccnc2)c2nc3c(C)c(C)ccc3s2)cc1.